The van der Waals surface area contributed by atoms with E-state index in [4.69, 9.17) is 4.99 Å². The predicted molar refractivity (Wildman–Crippen MR) is 94.3 cm³/mol. The SMILES string of the molecule is CCNC(=NCc1nnc(C)n1C)N1CCC(C(CC)CC)C1. The molecule has 0 aliphatic carbocycles. The third-order valence-corrected chi connectivity index (χ3v) is 5.13. The minimum absolute atomic E-state index is 0.575. The second-order valence-electron chi connectivity index (χ2n) is 6.46. The molecule has 2 rings (SSSR count). The van der Waals surface area contributed by atoms with Crippen LogP contribution < -0.4 is 5.32 Å². The van der Waals surface area contributed by atoms with E-state index >= 15 is 0 Å². The smallest absolute Gasteiger partial charge is 0.194 e. The zero-order valence-corrected chi connectivity index (χ0v) is 15.3. The van der Waals surface area contributed by atoms with Crippen LogP contribution >= 0.6 is 0 Å². The fourth-order valence-electron chi connectivity index (χ4n) is 3.48. The van der Waals surface area contributed by atoms with Crippen LogP contribution in [0.25, 0.3) is 0 Å². The molecule has 6 heteroatoms. The quantitative estimate of drug-likeness (QED) is 0.646. The first-order valence-corrected chi connectivity index (χ1v) is 8.98. The number of guanidine groups is 1. The number of aromatic nitrogens is 3. The molecule has 2 heterocycles. The Morgan fingerprint density at radius 1 is 1.30 bits per heavy atom. The van der Waals surface area contributed by atoms with Crippen LogP contribution in [-0.4, -0.2) is 45.3 Å². The Kier molecular flexibility index (Phi) is 6.42. The molecule has 0 spiro atoms. The number of hydrogen-bond donors (Lipinski definition) is 1. The molecule has 130 valence electrons. The second kappa shape index (κ2) is 8.31. The lowest BCUT2D eigenvalue weighted by atomic mass is 9.87. The molecular formula is C17H32N6. The van der Waals surface area contributed by atoms with E-state index in [-0.39, 0.29) is 0 Å². The number of nitrogens with one attached hydrogen (secondary N) is 1. The van der Waals surface area contributed by atoms with Crippen LogP contribution in [0.1, 0.15) is 51.7 Å². The van der Waals surface area contributed by atoms with Gasteiger partial charge in [0, 0.05) is 26.7 Å². The number of nitrogens with zero attached hydrogens (tertiary/aromatic N) is 5. The molecule has 1 aliphatic heterocycles. The Morgan fingerprint density at radius 2 is 2.04 bits per heavy atom. The normalized spacial score (nSPS) is 19.0. The van der Waals surface area contributed by atoms with E-state index in [2.05, 4.69) is 41.2 Å². The van der Waals surface area contributed by atoms with E-state index in [0.717, 1.165) is 49.1 Å². The van der Waals surface area contributed by atoms with Crippen LogP contribution in [0.2, 0.25) is 0 Å². The van der Waals surface area contributed by atoms with Gasteiger partial charge in [-0.2, -0.15) is 0 Å². The van der Waals surface area contributed by atoms with Crippen LogP contribution in [0.5, 0.6) is 0 Å². The van der Waals surface area contributed by atoms with Crippen molar-refractivity contribution in [1.29, 1.82) is 0 Å². The number of rotatable bonds is 6. The van der Waals surface area contributed by atoms with Crippen molar-refractivity contribution in [2.24, 2.45) is 23.9 Å². The number of hydrogen-bond acceptors (Lipinski definition) is 3. The van der Waals surface area contributed by atoms with Crippen molar-refractivity contribution < 1.29 is 0 Å². The van der Waals surface area contributed by atoms with Crippen molar-refractivity contribution >= 4 is 5.96 Å². The summed E-state index contributed by atoms with van der Waals surface area (Å²) in [6.07, 6.45) is 3.83. The van der Waals surface area contributed by atoms with Crippen molar-refractivity contribution in [1.82, 2.24) is 25.0 Å². The third-order valence-electron chi connectivity index (χ3n) is 5.13. The molecule has 0 radical (unpaired) electrons. The average Bonchev–Trinajstić information content (AvgIpc) is 3.14. The molecule has 1 aliphatic rings. The highest BCUT2D eigenvalue weighted by Crippen LogP contribution is 2.28. The van der Waals surface area contributed by atoms with E-state index < -0.39 is 0 Å². The maximum atomic E-state index is 4.79. The highest BCUT2D eigenvalue weighted by molar-refractivity contribution is 5.80. The molecule has 0 amide bonds. The molecule has 1 aromatic rings. The molecule has 6 nitrogen and oxygen atoms in total. The fourth-order valence-corrected chi connectivity index (χ4v) is 3.48. The average molecular weight is 320 g/mol. The molecule has 1 fully saturated rings. The molecule has 1 N–H and O–H groups in total. The van der Waals surface area contributed by atoms with Gasteiger partial charge in [0.1, 0.15) is 12.4 Å². The van der Waals surface area contributed by atoms with Gasteiger partial charge in [-0.15, -0.1) is 10.2 Å². The lowest BCUT2D eigenvalue weighted by Crippen LogP contribution is -2.40. The van der Waals surface area contributed by atoms with Crippen molar-refractivity contribution in [3.8, 4) is 0 Å². The van der Waals surface area contributed by atoms with E-state index in [0.29, 0.717) is 6.54 Å². The Balaban J connectivity index is 2.03. The maximum absolute atomic E-state index is 4.79. The van der Waals surface area contributed by atoms with Gasteiger partial charge in [0.15, 0.2) is 11.8 Å². The number of aryl methyl sites for hydroxylation is 1. The first-order valence-electron chi connectivity index (χ1n) is 8.98. The van der Waals surface area contributed by atoms with E-state index in [9.17, 15) is 0 Å². The number of likely N-dealkylation sites (tertiary alicyclic amines) is 1. The van der Waals surface area contributed by atoms with Crippen LogP contribution in [0.3, 0.4) is 0 Å². The van der Waals surface area contributed by atoms with Gasteiger partial charge in [0.2, 0.25) is 0 Å². The molecule has 1 saturated heterocycles. The summed E-state index contributed by atoms with van der Waals surface area (Å²) < 4.78 is 2.00. The summed E-state index contributed by atoms with van der Waals surface area (Å²) >= 11 is 0. The zero-order chi connectivity index (χ0) is 16.8. The zero-order valence-electron chi connectivity index (χ0n) is 15.3. The van der Waals surface area contributed by atoms with Gasteiger partial charge in [-0.1, -0.05) is 26.7 Å². The summed E-state index contributed by atoms with van der Waals surface area (Å²) in [7, 11) is 1.99. The standard InChI is InChI=1S/C17H32N6/c1-6-14(7-2)15-9-10-23(12-15)17(18-8-3)19-11-16-21-20-13(4)22(16)5/h14-15H,6-12H2,1-5H3,(H,18,19). The Labute approximate surface area is 140 Å². The van der Waals surface area contributed by atoms with Gasteiger partial charge in [-0.05, 0) is 32.1 Å². The maximum Gasteiger partial charge on any atom is 0.194 e. The molecule has 0 bridgehead atoms. The Morgan fingerprint density at radius 3 is 2.61 bits per heavy atom. The van der Waals surface area contributed by atoms with Crippen LogP contribution in [0, 0.1) is 18.8 Å². The summed E-state index contributed by atoms with van der Waals surface area (Å²) in [4.78, 5) is 7.21. The topological polar surface area (TPSA) is 58.3 Å². The summed E-state index contributed by atoms with van der Waals surface area (Å²) in [6, 6.07) is 0. The van der Waals surface area contributed by atoms with E-state index in [1.165, 1.54) is 19.3 Å². The van der Waals surface area contributed by atoms with Gasteiger partial charge in [-0.3, -0.25) is 0 Å². The third kappa shape index (κ3) is 4.24. The molecule has 0 aromatic carbocycles. The molecule has 1 aromatic heterocycles. The summed E-state index contributed by atoms with van der Waals surface area (Å²) in [5, 5.41) is 11.7. The molecule has 0 saturated carbocycles. The van der Waals surface area contributed by atoms with Crippen molar-refractivity contribution in [2.45, 2.75) is 53.5 Å². The lowest BCUT2D eigenvalue weighted by molar-refractivity contribution is 0.319. The number of aliphatic imine (C=N–C) groups is 1. The summed E-state index contributed by atoms with van der Waals surface area (Å²) in [5.74, 6) is 4.49. The van der Waals surface area contributed by atoms with Gasteiger partial charge < -0.3 is 14.8 Å². The van der Waals surface area contributed by atoms with Gasteiger partial charge in [0.05, 0.1) is 0 Å². The molecular weight excluding hydrogens is 288 g/mol. The van der Waals surface area contributed by atoms with Crippen molar-refractivity contribution in [3.05, 3.63) is 11.6 Å². The van der Waals surface area contributed by atoms with E-state index in [1.807, 2.05) is 18.5 Å². The Bertz CT molecular complexity index is 517. The molecule has 1 unspecified atom stereocenters. The van der Waals surface area contributed by atoms with Gasteiger partial charge in [0.25, 0.3) is 0 Å². The first-order chi connectivity index (χ1) is 11.1. The fraction of sp³-hybridized carbons (Fsp3) is 0.824. The largest absolute Gasteiger partial charge is 0.357 e. The van der Waals surface area contributed by atoms with Crippen LogP contribution in [0.4, 0.5) is 0 Å². The summed E-state index contributed by atoms with van der Waals surface area (Å²) in [5.41, 5.74) is 0. The monoisotopic (exact) mass is 320 g/mol. The minimum Gasteiger partial charge on any atom is -0.357 e. The highest BCUT2D eigenvalue weighted by Gasteiger charge is 2.29. The second-order valence-corrected chi connectivity index (χ2v) is 6.46. The van der Waals surface area contributed by atoms with Crippen molar-refractivity contribution in [2.75, 3.05) is 19.6 Å². The van der Waals surface area contributed by atoms with Crippen LogP contribution in [0.15, 0.2) is 4.99 Å². The van der Waals surface area contributed by atoms with Crippen LogP contribution in [-0.2, 0) is 13.6 Å². The summed E-state index contributed by atoms with van der Waals surface area (Å²) in [6.45, 7) is 12.4. The molecule has 23 heavy (non-hydrogen) atoms. The minimum atomic E-state index is 0.575. The van der Waals surface area contributed by atoms with Crippen molar-refractivity contribution in [3.63, 3.8) is 0 Å². The van der Waals surface area contributed by atoms with E-state index in [1.54, 1.807) is 0 Å². The first kappa shape index (κ1) is 17.8. The molecule has 1 atom stereocenters. The highest BCUT2D eigenvalue weighted by atomic mass is 15.3. The lowest BCUT2D eigenvalue weighted by Gasteiger charge is -2.24. The Hall–Kier alpha value is -1.59. The predicted octanol–water partition coefficient (Wildman–Crippen LogP) is 2.35. The van der Waals surface area contributed by atoms with Gasteiger partial charge in [-0.25, -0.2) is 4.99 Å². The van der Waals surface area contributed by atoms with Gasteiger partial charge >= 0.3 is 0 Å².